The van der Waals surface area contributed by atoms with Crippen molar-refractivity contribution in [3.63, 3.8) is 0 Å². The fourth-order valence-corrected chi connectivity index (χ4v) is 2.92. The van der Waals surface area contributed by atoms with E-state index >= 15 is 0 Å². The number of carbonyl (C=O) groups excluding carboxylic acids is 1. The fraction of sp³-hybridized carbons (Fsp3) is 0.118. The number of carbonyl (C=O) groups is 1. The van der Waals surface area contributed by atoms with Crippen LogP contribution in [0.3, 0.4) is 0 Å². The topological polar surface area (TPSA) is 26.3 Å². The molecular formula is C17H11ClO2. The van der Waals surface area contributed by atoms with Gasteiger partial charge in [-0.05, 0) is 41.5 Å². The lowest BCUT2D eigenvalue weighted by atomic mass is 9.92. The van der Waals surface area contributed by atoms with E-state index in [0.717, 1.165) is 5.56 Å². The normalized spacial score (nSPS) is 22.1. The summed E-state index contributed by atoms with van der Waals surface area (Å²) in [5.41, 5.74) is 3.62. The lowest BCUT2D eigenvalue weighted by molar-refractivity contribution is 0.0878. The van der Waals surface area contributed by atoms with E-state index in [2.05, 4.69) is 6.08 Å². The molecule has 4 rings (SSSR count). The molecule has 2 aromatic rings. The van der Waals surface area contributed by atoms with Crippen LogP contribution >= 0.6 is 11.6 Å². The van der Waals surface area contributed by atoms with Crippen LogP contribution in [0.25, 0.3) is 0 Å². The third-order valence-corrected chi connectivity index (χ3v) is 4.07. The third kappa shape index (κ3) is 1.73. The highest BCUT2D eigenvalue weighted by molar-refractivity contribution is 6.30. The largest absolute Gasteiger partial charge is 0.357 e. The van der Waals surface area contributed by atoms with Gasteiger partial charge in [-0.1, -0.05) is 35.9 Å². The molecule has 0 radical (unpaired) electrons. The zero-order chi connectivity index (χ0) is 13.7. The van der Waals surface area contributed by atoms with Gasteiger partial charge in [-0.2, -0.15) is 0 Å². The van der Waals surface area contributed by atoms with Gasteiger partial charge in [0.1, 0.15) is 12.2 Å². The zero-order valence-electron chi connectivity index (χ0n) is 10.5. The van der Waals surface area contributed by atoms with Crippen molar-refractivity contribution in [2.75, 3.05) is 0 Å². The third-order valence-electron chi connectivity index (χ3n) is 3.82. The molecule has 0 aliphatic carbocycles. The number of ether oxygens (including phenoxy) is 1. The summed E-state index contributed by atoms with van der Waals surface area (Å²) in [6.07, 6.45) is 4.18. The quantitative estimate of drug-likeness (QED) is 0.608. The molecule has 0 amide bonds. The Hall–Kier alpha value is -1.90. The number of hydrogen-bond donors (Lipinski definition) is 0. The first kappa shape index (κ1) is 11.9. The van der Waals surface area contributed by atoms with E-state index in [0.29, 0.717) is 16.1 Å². The maximum Gasteiger partial charge on any atom is 0.193 e. The average Bonchev–Trinajstić information content (AvgIpc) is 3.09. The molecule has 2 atom stereocenters. The van der Waals surface area contributed by atoms with Crippen molar-refractivity contribution in [2.45, 2.75) is 12.2 Å². The molecule has 2 nitrogen and oxygen atoms in total. The van der Waals surface area contributed by atoms with Gasteiger partial charge in [0.2, 0.25) is 0 Å². The molecule has 2 unspecified atom stereocenters. The average molecular weight is 283 g/mol. The van der Waals surface area contributed by atoms with E-state index < -0.39 is 0 Å². The van der Waals surface area contributed by atoms with Crippen LogP contribution in [-0.2, 0) is 4.74 Å². The minimum absolute atomic E-state index is 0.00738. The van der Waals surface area contributed by atoms with Crippen molar-refractivity contribution < 1.29 is 9.53 Å². The van der Waals surface area contributed by atoms with Crippen molar-refractivity contribution in [3.05, 3.63) is 81.9 Å². The molecule has 0 spiro atoms. The fourth-order valence-electron chi connectivity index (χ4n) is 2.79. The summed E-state index contributed by atoms with van der Waals surface area (Å²) in [4.78, 5) is 12.5. The number of fused-ring (bicyclic) bond motifs is 5. The van der Waals surface area contributed by atoms with E-state index in [1.807, 2.05) is 24.3 Å². The van der Waals surface area contributed by atoms with Crippen LogP contribution in [0.1, 0.15) is 39.3 Å². The number of benzene rings is 2. The van der Waals surface area contributed by atoms with Gasteiger partial charge in [0.15, 0.2) is 5.78 Å². The van der Waals surface area contributed by atoms with Crippen molar-refractivity contribution in [1.82, 2.24) is 0 Å². The van der Waals surface area contributed by atoms with Crippen LogP contribution in [-0.4, -0.2) is 5.78 Å². The van der Waals surface area contributed by atoms with Gasteiger partial charge in [-0.25, -0.2) is 0 Å². The van der Waals surface area contributed by atoms with E-state index in [4.69, 9.17) is 16.3 Å². The second-order valence-electron chi connectivity index (χ2n) is 5.04. The Bertz CT molecular complexity index is 731. The standard InChI is InChI=1S/C17H11ClO2/c18-12-4-1-10(2-5-12)17(19)11-3-6-13-14(9-11)16-8-7-15(13)20-16/h1-9,15-16H. The summed E-state index contributed by atoms with van der Waals surface area (Å²) in [7, 11) is 0. The van der Waals surface area contributed by atoms with E-state index in [1.54, 1.807) is 24.3 Å². The zero-order valence-corrected chi connectivity index (χ0v) is 11.3. The highest BCUT2D eigenvalue weighted by Gasteiger charge is 2.33. The van der Waals surface area contributed by atoms with Crippen molar-refractivity contribution >= 4 is 17.4 Å². The van der Waals surface area contributed by atoms with Gasteiger partial charge in [-0.3, -0.25) is 4.79 Å². The molecule has 3 heteroatoms. The van der Waals surface area contributed by atoms with Crippen LogP contribution in [0.4, 0.5) is 0 Å². The Balaban J connectivity index is 1.72. The Morgan fingerprint density at radius 3 is 2.30 bits per heavy atom. The Morgan fingerprint density at radius 1 is 0.900 bits per heavy atom. The highest BCUT2D eigenvalue weighted by atomic mass is 35.5. The minimum atomic E-state index is 0.00738. The van der Waals surface area contributed by atoms with Crippen LogP contribution in [0.2, 0.25) is 5.02 Å². The summed E-state index contributed by atoms with van der Waals surface area (Å²) >= 11 is 5.85. The van der Waals surface area contributed by atoms with Gasteiger partial charge < -0.3 is 4.74 Å². The second kappa shape index (κ2) is 4.30. The van der Waals surface area contributed by atoms with Crippen molar-refractivity contribution in [3.8, 4) is 0 Å². The smallest absolute Gasteiger partial charge is 0.193 e. The van der Waals surface area contributed by atoms with Gasteiger partial charge in [-0.15, -0.1) is 0 Å². The summed E-state index contributed by atoms with van der Waals surface area (Å²) < 4.78 is 5.76. The SMILES string of the molecule is O=C(c1ccc(Cl)cc1)c1ccc2c(c1)C1C=CC2O1. The maximum absolute atomic E-state index is 12.5. The molecular weight excluding hydrogens is 272 g/mol. The number of halogens is 1. The summed E-state index contributed by atoms with van der Waals surface area (Å²) in [6, 6.07) is 12.8. The molecule has 0 saturated carbocycles. The Labute approximate surface area is 121 Å². The lowest BCUT2D eigenvalue weighted by Gasteiger charge is -2.09. The maximum atomic E-state index is 12.5. The Morgan fingerprint density at radius 2 is 1.55 bits per heavy atom. The molecule has 2 heterocycles. The first-order valence-electron chi connectivity index (χ1n) is 6.50. The summed E-state index contributed by atoms with van der Waals surface area (Å²) in [5.74, 6) is 0.0104. The molecule has 0 fully saturated rings. The molecule has 20 heavy (non-hydrogen) atoms. The summed E-state index contributed by atoms with van der Waals surface area (Å²) in [5, 5.41) is 0.631. The van der Waals surface area contributed by atoms with Gasteiger partial charge in [0.25, 0.3) is 0 Å². The van der Waals surface area contributed by atoms with Crippen molar-refractivity contribution in [1.29, 1.82) is 0 Å². The monoisotopic (exact) mass is 282 g/mol. The first-order chi connectivity index (χ1) is 9.72. The van der Waals surface area contributed by atoms with Gasteiger partial charge in [0, 0.05) is 16.1 Å². The number of hydrogen-bond acceptors (Lipinski definition) is 2. The van der Waals surface area contributed by atoms with E-state index in [1.165, 1.54) is 5.56 Å². The summed E-state index contributed by atoms with van der Waals surface area (Å²) in [6.45, 7) is 0. The Kier molecular flexibility index (Phi) is 2.56. The van der Waals surface area contributed by atoms with Crippen LogP contribution in [0.15, 0.2) is 54.6 Å². The minimum Gasteiger partial charge on any atom is -0.357 e. The molecule has 0 saturated heterocycles. The number of rotatable bonds is 2. The van der Waals surface area contributed by atoms with E-state index in [-0.39, 0.29) is 18.0 Å². The predicted octanol–water partition coefficient (Wildman–Crippen LogP) is 4.25. The molecule has 98 valence electrons. The first-order valence-corrected chi connectivity index (χ1v) is 6.88. The van der Waals surface area contributed by atoms with Gasteiger partial charge >= 0.3 is 0 Å². The molecule has 2 aromatic carbocycles. The van der Waals surface area contributed by atoms with E-state index in [9.17, 15) is 4.79 Å². The highest BCUT2D eigenvalue weighted by Crippen LogP contribution is 2.45. The number of ketones is 1. The molecule has 2 bridgehead atoms. The molecule has 0 aromatic heterocycles. The molecule has 2 aliphatic rings. The molecule has 2 aliphatic heterocycles. The van der Waals surface area contributed by atoms with Crippen LogP contribution in [0.5, 0.6) is 0 Å². The second-order valence-corrected chi connectivity index (χ2v) is 5.48. The lowest BCUT2D eigenvalue weighted by Crippen LogP contribution is -2.03. The van der Waals surface area contributed by atoms with Gasteiger partial charge in [0.05, 0.1) is 0 Å². The van der Waals surface area contributed by atoms with Crippen LogP contribution < -0.4 is 0 Å². The molecule has 0 N–H and O–H groups in total. The predicted molar refractivity (Wildman–Crippen MR) is 77.0 cm³/mol. The van der Waals surface area contributed by atoms with Crippen molar-refractivity contribution in [2.24, 2.45) is 0 Å². The van der Waals surface area contributed by atoms with Crippen LogP contribution in [0, 0.1) is 0 Å².